The summed E-state index contributed by atoms with van der Waals surface area (Å²) in [5.41, 5.74) is 0.764. The second-order valence-corrected chi connectivity index (χ2v) is 8.22. The molecule has 1 aromatic carbocycles. The van der Waals surface area contributed by atoms with Crippen LogP contribution in [-0.4, -0.2) is 35.3 Å². The molecule has 168 valence electrons. The van der Waals surface area contributed by atoms with Crippen LogP contribution in [0.5, 0.6) is 0 Å². The number of imidazole rings is 1. The Morgan fingerprint density at radius 1 is 1.18 bits per heavy atom. The Kier molecular flexibility index (Phi) is 5.01. The van der Waals surface area contributed by atoms with Gasteiger partial charge in [-0.05, 0) is 29.8 Å². The summed E-state index contributed by atoms with van der Waals surface area (Å²) in [5, 5.41) is 6.40. The topological polar surface area (TPSA) is 108 Å². The van der Waals surface area contributed by atoms with Gasteiger partial charge in [0.05, 0.1) is 18.3 Å². The fourth-order valence-electron chi connectivity index (χ4n) is 4.00. The Hall–Kier alpha value is -3.92. The van der Waals surface area contributed by atoms with Crippen molar-refractivity contribution in [1.29, 1.82) is 0 Å². The average Bonchev–Trinajstić information content (AvgIpc) is 3.55. The molecule has 4 aromatic rings. The van der Waals surface area contributed by atoms with E-state index in [0.29, 0.717) is 22.9 Å². The van der Waals surface area contributed by atoms with Gasteiger partial charge in [-0.25, -0.2) is 19.4 Å². The molecule has 1 aliphatic rings. The quantitative estimate of drug-likeness (QED) is 0.457. The number of nitrogens with zero attached hydrogens (tertiary/aromatic N) is 6. The summed E-state index contributed by atoms with van der Waals surface area (Å²) in [5.74, 6) is 0.0412. The highest BCUT2D eigenvalue weighted by molar-refractivity contribution is 6.30. The minimum atomic E-state index is -0.629. The van der Waals surface area contributed by atoms with Crippen LogP contribution in [0.15, 0.2) is 68.1 Å². The van der Waals surface area contributed by atoms with E-state index in [1.54, 1.807) is 31.3 Å². The number of carbonyl (C=O) groups is 1. The van der Waals surface area contributed by atoms with E-state index in [9.17, 15) is 14.4 Å². The van der Waals surface area contributed by atoms with Crippen molar-refractivity contribution in [3.05, 3.63) is 86.2 Å². The number of amides is 1. The fourth-order valence-corrected chi connectivity index (χ4v) is 4.13. The van der Waals surface area contributed by atoms with E-state index in [-0.39, 0.29) is 11.2 Å². The molecule has 0 saturated carbocycles. The molecule has 33 heavy (non-hydrogen) atoms. The predicted molar refractivity (Wildman–Crippen MR) is 121 cm³/mol. The lowest BCUT2D eigenvalue weighted by molar-refractivity contribution is -0.134. The molecular weight excluding hydrogens is 448 g/mol. The molecule has 0 saturated heterocycles. The molecule has 4 heterocycles. The molecule has 5 rings (SSSR count). The van der Waals surface area contributed by atoms with Gasteiger partial charge in [-0.1, -0.05) is 23.7 Å². The maximum atomic E-state index is 13.4. The lowest BCUT2D eigenvalue weighted by Crippen LogP contribution is -2.43. The number of hydrogen-bond donors (Lipinski definition) is 0. The third-order valence-corrected chi connectivity index (χ3v) is 5.96. The van der Waals surface area contributed by atoms with Crippen molar-refractivity contribution < 1.29 is 9.21 Å². The summed E-state index contributed by atoms with van der Waals surface area (Å²) in [4.78, 5) is 43.3. The number of halogens is 1. The van der Waals surface area contributed by atoms with Crippen molar-refractivity contribution >= 4 is 34.4 Å². The summed E-state index contributed by atoms with van der Waals surface area (Å²) < 4.78 is 9.23. The van der Waals surface area contributed by atoms with Gasteiger partial charge in [0.1, 0.15) is 18.3 Å². The number of benzene rings is 1. The van der Waals surface area contributed by atoms with Gasteiger partial charge in [-0.15, -0.1) is 0 Å². The number of rotatable bonds is 4. The smallest absolute Gasteiger partial charge is 0.332 e. The van der Waals surface area contributed by atoms with E-state index in [0.717, 1.165) is 10.1 Å². The Morgan fingerprint density at radius 2 is 1.94 bits per heavy atom. The molecule has 3 aromatic heterocycles. The zero-order chi connectivity index (χ0) is 23.3. The number of carbonyl (C=O) groups excluding carboxylic acids is 1. The molecule has 0 bridgehead atoms. The maximum absolute atomic E-state index is 13.4. The van der Waals surface area contributed by atoms with Crippen LogP contribution in [0.25, 0.3) is 11.2 Å². The molecule has 0 spiro atoms. The summed E-state index contributed by atoms with van der Waals surface area (Å²) in [7, 11) is 3.17. The van der Waals surface area contributed by atoms with E-state index in [2.05, 4.69) is 10.1 Å². The Bertz CT molecular complexity index is 1510. The standard InChI is InChI=1S/C22H19ClN6O4/c1-26-12-24-20-19(26)21(31)28(22(32)27(20)2)11-18(30)29-16(17-4-3-9-33-17)10-15(25-29)13-5-7-14(23)8-6-13/h3-9,12,16H,10-11H2,1-2H3/t16-/m0/s1. The second kappa shape index (κ2) is 7.89. The molecule has 0 N–H and O–H groups in total. The van der Waals surface area contributed by atoms with Crippen LogP contribution in [0.3, 0.4) is 0 Å². The first-order valence-electron chi connectivity index (χ1n) is 10.1. The van der Waals surface area contributed by atoms with Crippen LogP contribution in [0.2, 0.25) is 5.02 Å². The van der Waals surface area contributed by atoms with Gasteiger partial charge < -0.3 is 8.98 Å². The fraction of sp³-hybridized carbons (Fsp3) is 0.227. The Morgan fingerprint density at radius 3 is 2.64 bits per heavy atom. The van der Waals surface area contributed by atoms with Gasteiger partial charge in [0, 0.05) is 25.5 Å². The first-order valence-corrected chi connectivity index (χ1v) is 10.5. The van der Waals surface area contributed by atoms with Crippen LogP contribution >= 0.6 is 11.6 Å². The van der Waals surface area contributed by atoms with Crippen molar-refractivity contribution in [3.63, 3.8) is 0 Å². The van der Waals surface area contributed by atoms with Gasteiger partial charge in [0.2, 0.25) is 0 Å². The number of hydrogen-bond acceptors (Lipinski definition) is 6. The van der Waals surface area contributed by atoms with Crippen molar-refractivity contribution in [2.45, 2.75) is 19.0 Å². The molecule has 0 fully saturated rings. The molecule has 1 amide bonds. The summed E-state index contributed by atoms with van der Waals surface area (Å²) in [6.45, 7) is -0.471. The zero-order valence-corrected chi connectivity index (χ0v) is 18.6. The van der Waals surface area contributed by atoms with Crippen LogP contribution in [0.4, 0.5) is 0 Å². The Balaban J connectivity index is 1.54. The number of aryl methyl sites for hydroxylation is 2. The zero-order valence-electron chi connectivity index (χ0n) is 17.8. The van der Waals surface area contributed by atoms with Crippen LogP contribution in [0.1, 0.15) is 23.8 Å². The minimum absolute atomic E-state index is 0.235. The van der Waals surface area contributed by atoms with E-state index in [1.807, 2.05) is 12.1 Å². The molecule has 1 atom stereocenters. The number of fused-ring (bicyclic) bond motifs is 1. The van der Waals surface area contributed by atoms with Crippen LogP contribution in [0, 0.1) is 0 Å². The monoisotopic (exact) mass is 466 g/mol. The SMILES string of the molecule is Cn1cnc2c1c(=O)n(CC(=O)N1N=C(c3ccc(Cl)cc3)C[C@H]1c1ccco1)c(=O)n2C. The van der Waals surface area contributed by atoms with Crippen LogP contribution < -0.4 is 11.2 Å². The largest absolute Gasteiger partial charge is 0.467 e. The Labute approximate surface area is 191 Å². The van der Waals surface area contributed by atoms with Gasteiger partial charge in [0.25, 0.3) is 11.5 Å². The maximum Gasteiger partial charge on any atom is 0.332 e. The molecule has 1 aliphatic heterocycles. The van der Waals surface area contributed by atoms with Gasteiger partial charge in [0.15, 0.2) is 11.2 Å². The number of furan rings is 1. The summed E-state index contributed by atoms with van der Waals surface area (Å²) in [6, 6.07) is 10.1. The minimum Gasteiger partial charge on any atom is -0.467 e. The third-order valence-electron chi connectivity index (χ3n) is 5.71. The lowest BCUT2D eigenvalue weighted by atomic mass is 10.0. The molecule has 0 unspecified atom stereocenters. The number of aromatic nitrogens is 4. The molecule has 11 heteroatoms. The average molecular weight is 467 g/mol. The molecule has 0 aliphatic carbocycles. The van der Waals surface area contributed by atoms with Crippen LogP contribution in [-0.2, 0) is 25.4 Å². The molecule has 0 radical (unpaired) electrons. The van der Waals surface area contributed by atoms with E-state index in [1.165, 1.54) is 33.8 Å². The van der Waals surface area contributed by atoms with Crippen molar-refractivity contribution in [2.24, 2.45) is 19.2 Å². The van der Waals surface area contributed by atoms with E-state index < -0.39 is 29.7 Å². The highest BCUT2D eigenvalue weighted by Crippen LogP contribution is 2.33. The lowest BCUT2D eigenvalue weighted by Gasteiger charge is -2.20. The highest BCUT2D eigenvalue weighted by atomic mass is 35.5. The summed E-state index contributed by atoms with van der Waals surface area (Å²) in [6.07, 6.45) is 3.39. The summed E-state index contributed by atoms with van der Waals surface area (Å²) >= 11 is 5.99. The molecule has 10 nitrogen and oxygen atoms in total. The normalized spacial score (nSPS) is 15.9. The van der Waals surface area contributed by atoms with E-state index >= 15 is 0 Å². The first-order chi connectivity index (χ1) is 15.8. The van der Waals surface area contributed by atoms with Gasteiger partial charge in [-0.3, -0.25) is 14.2 Å². The third kappa shape index (κ3) is 3.48. The van der Waals surface area contributed by atoms with Gasteiger partial charge in [-0.2, -0.15) is 5.10 Å². The highest BCUT2D eigenvalue weighted by Gasteiger charge is 2.35. The van der Waals surface area contributed by atoms with Gasteiger partial charge >= 0.3 is 5.69 Å². The molecular formula is C22H19ClN6O4. The van der Waals surface area contributed by atoms with Crippen molar-refractivity contribution in [1.82, 2.24) is 23.7 Å². The van der Waals surface area contributed by atoms with Crippen molar-refractivity contribution in [3.8, 4) is 0 Å². The predicted octanol–water partition coefficient (Wildman–Crippen LogP) is 2.06. The van der Waals surface area contributed by atoms with Crippen molar-refractivity contribution in [2.75, 3.05) is 0 Å². The van der Waals surface area contributed by atoms with E-state index in [4.69, 9.17) is 16.0 Å². The second-order valence-electron chi connectivity index (χ2n) is 7.79. The number of hydrazone groups is 1. The first kappa shape index (κ1) is 21.0.